The van der Waals surface area contributed by atoms with Crippen LogP contribution < -0.4 is 5.32 Å². The number of carboxylic acid groups (broad SMARTS) is 1. The minimum atomic E-state index is -1.18. The third-order valence-electron chi connectivity index (χ3n) is 3.83. The average molecular weight is 323 g/mol. The van der Waals surface area contributed by atoms with E-state index < -0.39 is 11.5 Å². The van der Waals surface area contributed by atoms with Crippen molar-refractivity contribution in [2.75, 3.05) is 13.2 Å². The van der Waals surface area contributed by atoms with E-state index in [9.17, 15) is 14.7 Å². The van der Waals surface area contributed by atoms with Crippen LogP contribution in [0, 0.1) is 0 Å². The van der Waals surface area contributed by atoms with Crippen LogP contribution in [0.15, 0.2) is 30.3 Å². The molecule has 1 amide bonds. The Hall–Kier alpha value is -1.53. The summed E-state index contributed by atoms with van der Waals surface area (Å²) in [5.41, 5.74) is -0.0390. The topological polar surface area (TPSA) is 75.6 Å². The van der Waals surface area contributed by atoms with Gasteiger partial charge in [0.15, 0.2) is 0 Å². The number of thioether (sulfide) groups is 1. The van der Waals surface area contributed by atoms with Gasteiger partial charge in [0.1, 0.15) is 5.54 Å². The molecule has 0 spiro atoms. The Kier molecular flexibility index (Phi) is 5.85. The van der Waals surface area contributed by atoms with E-state index in [2.05, 4.69) is 5.32 Å². The molecule has 1 aromatic rings. The maximum atomic E-state index is 12.3. The second-order valence-corrected chi connectivity index (χ2v) is 6.76. The quantitative estimate of drug-likeness (QED) is 0.838. The van der Waals surface area contributed by atoms with Gasteiger partial charge in [0, 0.05) is 31.8 Å². The van der Waals surface area contributed by atoms with Crippen molar-refractivity contribution >= 4 is 23.6 Å². The molecule has 5 nitrogen and oxygen atoms in total. The molecule has 1 aromatic carbocycles. The van der Waals surface area contributed by atoms with Crippen LogP contribution in [-0.2, 0) is 20.1 Å². The molecule has 1 saturated heterocycles. The molecular weight excluding hydrogens is 302 g/mol. The molecule has 1 unspecified atom stereocenters. The van der Waals surface area contributed by atoms with E-state index in [1.165, 1.54) is 11.8 Å². The molecule has 2 N–H and O–H groups in total. The third kappa shape index (κ3) is 4.24. The zero-order valence-electron chi connectivity index (χ0n) is 12.6. The second kappa shape index (κ2) is 7.65. The largest absolute Gasteiger partial charge is 0.480 e. The van der Waals surface area contributed by atoms with Gasteiger partial charge in [-0.1, -0.05) is 30.3 Å². The highest BCUT2D eigenvalue weighted by Gasteiger charge is 2.42. The van der Waals surface area contributed by atoms with Gasteiger partial charge in [0.25, 0.3) is 0 Å². The summed E-state index contributed by atoms with van der Waals surface area (Å²) in [6.45, 7) is 2.52. The monoisotopic (exact) mass is 323 g/mol. The SMILES string of the molecule is CC(SCc1ccccc1)C(=O)NC1(C(=O)O)CCOCC1. The lowest BCUT2D eigenvalue weighted by molar-refractivity contribution is -0.152. The van der Waals surface area contributed by atoms with Crippen LogP contribution in [0.25, 0.3) is 0 Å². The Morgan fingerprint density at radius 1 is 1.32 bits per heavy atom. The van der Waals surface area contributed by atoms with Crippen molar-refractivity contribution in [3.8, 4) is 0 Å². The first-order valence-electron chi connectivity index (χ1n) is 7.32. The van der Waals surface area contributed by atoms with Crippen LogP contribution >= 0.6 is 11.8 Å². The average Bonchev–Trinajstić information content (AvgIpc) is 2.54. The summed E-state index contributed by atoms with van der Waals surface area (Å²) in [6, 6.07) is 9.89. The molecule has 1 aliphatic heterocycles. The number of carbonyl (C=O) groups is 2. The predicted octanol–water partition coefficient (Wildman–Crippen LogP) is 2.06. The molecule has 1 atom stereocenters. The third-order valence-corrected chi connectivity index (χ3v) is 5.04. The van der Waals surface area contributed by atoms with Crippen molar-refractivity contribution in [3.05, 3.63) is 35.9 Å². The molecule has 2 rings (SSSR count). The minimum absolute atomic E-state index is 0.231. The van der Waals surface area contributed by atoms with E-state index in [0.29, 0.717) is 26.1 Å². The number of nitrogens with one attached hydrogen (secondary N) is 1. The smallest absolute Gasteiger partial charge is 0.329 e. The molecule has 0 aliphatic carbocycles. The fraction of sp³-hybridized carbons (Fsp3) is 0.500. The number of benzene rings is 1. The van der Waals surface area contributed by atoms with Crippen LogP contribution in [0.5, 0.6) is 0 Å². The lowest BCUT2D eigenvalue weighted by atomic mass is 9.90. The standard InChI is InChI=1S/C16H21NO4S/c1-12(22-11-13-5-3-2-4-6-13)14(18)17-16(15(19)20)7-9-21-10-8-16/h2-6,12H,7-11H2,1H3,(H,17,18)(H,19,20). The Balaban J connectivity index is 1.90. The first-order chi connectivity index (χ1) is 10.5. The molecule has 120 valence electrons. The lowest BCUT2D eigenvalue weighted by Crippen LogP contribution is -2.58. The first kappa shape index (κ1) is 16.8. The fourth-order valence-corrected chi connectivity index (χ4v) is 3.17. The Bertz CT molecular complexity index is 514. The number of carbonyl (C=O) groups excluding carboxylic acids is 1. The fourth-order valence-electron chi connectivity index (χ4n) is 2.32. The van der Waals surface area contributed by atoms with Gasteiger partial charge in [0.05, 0.1) is 5.25 Å². The zero-order valence-corrected chi connectivity index (χ0v) is 13.4. The van der Waals surface area contributed by atoms with E-state index in [-0.39, 0.29) is 11.2 Å². The van der Waals surface area contributed by atoms with Gasteiger partial charge in [-0.2, -0.15) is 0 Å². The van der Waals surface area contributed by atoms with Gasteiger partial charge in [-0.3, -0.25) is 4.79 Å². The maximum Gasteiger partial charge on any atom is 0.329 e. The highest BCUT2D eigenvalue weighted by Crippen LogP contribution is 2.23. The second-order valence-electron chi connectivity index (χ2n) is 5.43. The summed E-state index contributed by atoms with van der Waals surface area (Å²) in [5.74, 6) is -0.492. The molecule has 22 heavy (non-hydrogen) atoms. The van der Waals surface area contributed by atoms with Gasteiger partial charge in [-0.05, 0) is 12.5 Å². The number of ether oxygens (including phenoxy) is 1. The Labute approximate surface area is 134 Å². The van der Waals surface area contributed by atoms with Gasteiger partial charge in [0.2, 0.25) is 5.91 Å². The summed E-state index contributed by atoms with van der Waals surface area (Å²) in [6.07, 6.45) is 0.619. The number of aliphatic carboxylic acids is 1. The zero-order chi connectivity index (χ0) is 16.0. The van der Waals surface area contributed by atoms with E-state index >= 15 is 0 Å². The van der Waals surface area contributed by atoms with Crippen LogP contribution in [0.4, 0.5) is 0 Å². The van der Waals surface area contributed by atoms with Gasteiger partial charge < -0.3 is 15.2 Å². The van der Waals surface area contributed by atoms with E-state index in [1.54, 1.807) is 6.92 Å². The Morgan fingerprint density at radius 2 is 1.95 bits per heavy atom. The van der Waals surface area contributed by atoms with E-state index in [1.807, 2.05) is 30.3 Å². The molecule has 0 saturated carbocycles. The van der Waals surface area contributed by atoms with Crippen LogP contribution in [0.1, 0.15) is 25.3 Å². The summed E-state index contributed by atoms with van der Waals surface area (Å²) in [4.78, 5) is 23.8. The maximum absolute atomic E-state index is 12.3. The van der Waals surface area contributed by atoms with Crippen LogP contribution in [0.3, 0.4) is 0 Å². The van der Waals surface area contributed by atoms with Crippen LogP contribution in [0.2, 0.25) is 0 Å². The molecule has 1 fully saturated rings. The molecule has 6 heteroatoms. The molecule has 0 aromatic heterocycles. The molecule has 1 heterocycles. The first-order valence-corrected chi connectivity index (χ1v) is 8.37. The van der Waals surface area contributed by atoms with Crippen molar-refractivity contribution in [1.29, 1.82) is 0 Å². The molecule has 1 aliphatic rings. The molecular formula is C16H21NO4S. The molecule has 0 radical (unpaired) electrons. The number of hydrogen-bond acceptors (Lipinski definition) is 4. The summed E-state index contributed by atoms with van der Waals surface area (Å²) >= 11 is 1.50. The number of amides is 1. The van der Waals surface area contributed by atoms with Crippen molar-refractivity contribution in [3.63, 3.8) is 0 Å². The van der Waals surface area contributed by atoms with Gasteiger partial charge in [-0.25, -0.2) is 4.79 Å². The van der Waals surface area contributed by atoms with Gasteiger partial charge in [-0.15, -0.1) is 11.8 Å². The normalized spacial score (nSPS) is 18.4. The van der Waals surface area contributed by atoms with Crippen molar-refractivity contribution < 1.29 is 19.4 Å². The summed E-state index contributed by atoms with van der Waals surface area (Å²) < 4.78 is 5.20. The van der Waals surface area contributed by atoms with E-state index in [4.69, 9.17) is 4.74 Å². The van der Waals surface area contributed by atoms with Crippen molar-refractivity contribution in [2.24, 2.45) is 0 Å². The molecule has 0 bridgehead atoms. The van der Waals surface area contributed by atoms with Crippen molar-refractivity contribution in [1.82, 2.24) is 5.32 Å². The summed E-state index contributed by atoms with van der Waals surface area (Å²) in [7, 11) is 0. The van der Waals surface area contributed by atoms with Gasteiger partial charge >= 0.3 is 5.97 Å². The summed E-state index contributed by atoms with van der Waals surface area (Å²) in [5, 5.41) is 11.9. The number of hydrogen-bond donors (Lipinski definition) is 2. The minimum Gasteiger partial charge on any atom is -0.480 e. The Morgan fingerprint density at radius 3 is 2.55 bits per heavy atom. The lowest BCUT2D eigenvalue weighted by Gasteiger charge is -2.34. The van der Waals surface area contributed by atoms with Crippen LogP contribution in [-0.4, -0.2) is 41.0 Å². The predicted molar refractivity (Wildman–Crippen MR) is 85.8 cm³/mol. The highest BCUT2D eigenvalue weighted by atomic mass is 32.2. The van der Waals surface area contributed by atoms with Crippen molar-refractivity contribution in [2.45, 2.75) is 36.3 Å². The highest BCUT2D eigenvalue weighted by molar-refractivity contribution is 7.99. The van der Waals surface area contributed by atoms with E-state index in [0.717, 1.165) is 11.3 Å². The number of rotatable bonds is 6. The number of carboxylic acids is 1.